The number of thiophene rings is 1. The van der Waals surface area contributed by atoms with Gasteiger partial charge < -0.3 is 36.0 Å². The first kappa shape index (κ1) is 24.5. The Hall–Kier alpha value is -2.19. The molecule has 184 valence electrons. The second kappa shape index (κ2) is 9.69. The Morgan fingerprint density at radius 3 is 2.31 bits per heavy atom. The van der Waals surface area contributed by atoms with Crippen molar-refractivity contribution in [3.63, 3.8) is 0 Å². The lowest BCUT2D eigenvalue weighted by Crippen LogP contribution is -3.00. The number of benzene rings is 2. The van der Waals surface area contributed by atoms with E-state index >= 15 is 0 Å². The van der Waals surface area contributed by atoms with Crippen molar-refractivity contribution in [2.45, 2.75) is 37.4 Å². The molecular weight excluding hydrogens is 526 g/mol. The Labute approximate surface area is 220 Å². The minimum absolute atomic E-state index is 0. The van der Waals surface area contributed by atoms with Crippen molar-refractivity contribution < 1.29 is 40.8 Å². The topological polar surface area (TPSA) is 55.8 Å². The predicted octanol–water partition coefficient (Wildman–Crippen LogP) is 1.88. The fraction of sp³-hybridized carbons (Fsp3) is 0.393. The Morgan fingerprint density at radius 2 is 1.69 bits per heavy atom. The molecule has 0 aliphatic carbocycles. The Bertz CT molecular complexity index is 1140. The maximum atomic E-state index is 13.7. The van der Waals surface area contributed by atoms with E-state index in [4.69, 9.17) is 9.47 Å². The van der Waals surface area contributed by atoms with Crippen LogP contribution in [0, 0.1) is 5.92 Å². The molecular formula is C28H30BrNO4S. The number of quaternary nitrogens is 1. The highest BCUT2D eigenvalue weighted by molar-refractivity contribution is 7.09. The van der Waals surface area contributed by atoms with Gasteiger partial charge in [0.05, 0.1) is 19.6 Å². The second-order valence-corrected chi connectivity index (χ2v) is 11.0. The number of para-hydroxylation sites is 2. The number of rotatable bonds is 6. The van der Waals surface area contributed by atoms with Crippen molar-refractivity contribution in [2.24, 2.45) is 5.92 Å². The Morgan fingerprint density at radius 1 is 1.03 bits per heavy atom. The smallest absolute Gasteiger partial charge is 0.348 e. The lowest BCUT2D eigenvalue weighted by molar-refractivity contribution is -0.946. The summed E-state index contributed by atoms with van der Waals surface area (Å²) in [7, 11) is 0. The number of aliphatic hydroxyl groups is 1. The zero-order chi connectivity index (χ0) is 23.2. The Balaban J connectivity index is 0.00000253. The van der Waals surface area contributed by atoms with Crippen LogP contribution in [0.4, 0.5) is 0 Å². The number of hydrogen-bond acceptors (Lipinski definition) is 5. The van der Waals surface area contributed by atoms with Crippen LogP contribution in [0.25, 0.3) is 0 Å². The summed E-state index contributed by atoms with van der Waals surface area (Å²) in [5, 5.41) is 14.0. The highest BCUT2D eigenvalue weighted by Gasteiger charge is 2.52. The average Bonchev–Trinajstić information content (AvgIpc) is 3.38. The molecule has 2 bridgehead atoms. The maximum Gasteiger partial charge on any atom is 0.348 e. The van der Waals surface area contributed by atoms with Gasteiger partial charge in [0.1, 0.15) is 18.0 Å². The molecule has 0 amide bonds. The molecule has 2 aromatic carbocycles. The molecule has 4 aliphatic heterocycles. The molecule has 0 spiro atoms. The molecule has 4 aliphatic rings. The highest BCUT2D eigenvalue weighted by atomic mass is 79.9. The first-order chi connectivity index (χ1) is 16.6. The summed E-state index contributed by atoms with van der Waals surface area (Å²) < 4.78 is 13.2. The van der Waals surface area contributed by atoms with Gasteiger partial charge in [-0.15, -0.1) is 11.3 Å². The summed E-state index contributed by atoms with van der Waals surface area (Å²) in [4.78, 5) is 15.2. The SMILES string of the molecule is O=C(O[C@H]1C[N+]2(CCCc3cccs3)CCC1CC2)C1(O)c2ccccc2Oc2ccccc21.[Br-]. The molecule has 0 saturated carbocycles. The van der Waals surface area contributed by atoms with E-state index in [0.29, 0.717) is 28.5 Å². The number of carbonyl (C=O) groups is 1. The lowest BCUT2D eigenvalue weighted by atomic mass is 9.81. The van der Waals surface area contributed by atoms with E-state index in [9.17, 15) is 9.90 Å². The zero-order valence-electron chi connectivity index (χ0n) is 19.6. The van der Waals surface area contributed by atoms with E-state index in [1.54, 1.807) is 24.3 Å². The van der Waals surface area contributed by atoms with Gasteiger partial charge in [-0.2, -0.15) is 0 Å². The van der Waals surface area contributed by atoms with Crippen LogP contribution in [-0.2, 0) is 21.6 Å². The summed E-state index contributed by atoms with van der Waals surface area (Å²) in [5.74, 6) is 0.764. The molecule has 1 atom stereocenters. The number of nitrogens with zero attached hydrogens (tertiary/aromatic N) is 1. The molecule has 3 saturated heterocycles. The van der Waals surface area contributed by atoms with Crippen LogP contribution < -0.4 is 21.7 Å². The molecule has 5 nitrogen and oxygen atoms in total. The van der Waals surface area contributed by atoms with E-state index in [-0.39, 0.29) is 23.1 Å². The number of fused-ring (bicyclic) bond motifs is 5. The normalized spacial score (nSPS) is 25.5. The van der Waals surface area contributed by atoms with Gasteiger partial charge in [0, 0.05) is 41.2 Å². The van der Waals surface area contributed by atoms with Crippen LogP contribution in [0.2, 0.25) is 0 Å². The number of aryl methyl sites for hydroxylation is 1. The number of esters is 1. The van der Waals surface area contributed by atoms with E-state index < -0.39 is 11.6 Å². The van der Waals surface area contributed by atoms with Gasteiger partial charge in [-0.25, -0.2) is 4.79 Å². The summed E-state index contributed by atoms with van der Waals surface area (Å²) in [5.41, 5.74) is -0.985. The fourth-order valence-corrected chi connectivity index (χ4v) is 6.88. The third-order valence-electron chi connectivity index (χ3n) is 8.00. The molecule has 5 heterocycles. The van der Waals surface area contributed by atoms with E-state index in [1.807, 2.05) is 35.6 Å². The van der Waals surface area contributed by atoms with E-state index in [0.717, 1.165) is 56.3 Å². The van der Waals surface area contributed by atoms with Crippen LogP contribution in [0.1, 0.15) is 35.3 Å². The predicted molar refractivity (Wildman–Crippen MR) is 131 cm³/mol. The van der Waals surface area contributed by atoms with Crippen molar-refractivity contribution >= 4 is 17.3 Å². The number of carbonyl (C=O) groups excluding carboxylic acids is 1. The molecule has 35 heavy (non-hydrogen) atoms. The third-order valence-corrected chi connectivity index (χ3v) is 8.94. The van der Waals surface area contributed by atoms with Crippen LogP contribution in [0.5, 0.6) is 11.5 Å². The zero-order valence-corrected chi connectivity index (χ0v) is 22.0. The number of hydrogen-bond donors (Lipinski definition) is 1. The summed E-state index contributed by atoms with van der Waals surface area (Å²) in [6.45, 7) is 4.28. The molecule has 0 unspecified atom stereocenters. The summed E-state index contributed by atoms with van der Waals surface area (Å²) in [6.07, 6.45) is 4.24. The van der Waals surface area contributed by atoms with Crippen LogP contribution in [0.15, 0.2) is 66.0 Å². The molecule has 7 rings (SSSR count). The van der Waals surface area contributed by atoms with Crippen LogP contribution in [-0.4, -0.2) is 47.8 Å². The highest BCUT2D eigenvalue weighted by Crippen LogP contribution is 2.48. The van der Waals surface area contributed by atoms with Gasteiger partial charge >= 0.3 is 5.97 Å². The number of halogens is 1. The van der Waals surface area contributed by atoms with E-state index in [2.05, 4.69) is 17.5 Å². The lowest BCUT2D eigenvalue weighted by Gasteiger charge is -2.52. The minimum atomic E-state index is -1.87. The summed E-state index contributed by atoms with van der Waals surface area (Å²) >= 11 is 1.82. The largest absolute Gasteiger partial charge is 1.00 e. The second-order valence-electron chi connectivity index (χ2n) is 9.96. The summed E-state index contributed by atoms with van der Waals surface area (Å²) in [6, 6.07) is 18.7. The van der Waals surface area contributed by atoms with Gasteiger partial charge in [0.25, 0.3) is 0 Å². The Kier molecular flexibility index (Phi) is 6.79. The van der Waals surface area contributed by atoms with E-state index in [1.165, 1.54) is 4.88 Å². The van der Waals surface area contributed by atoms with Crippen molar-refractivity contribution in [1.29, 1.82) is 0 Å². The van der Waals surface area contributed by atoms with Crippen molar-refractivity contribution in [3.05, 3.63) is 82.0 Å². The quantitative estimate of drug-likeness (QED) is 0.372. The van der Waals surface area contributed by atoms with Crippen molar-refractivity contribution in [3.8, 4) is 11.5 Å². The van der Waals surface area contributed by atoms with Gasteiger partial charge in [-0.1, -0.05) is 42.5 Å². The maximum absolute atomic E-state index is 13.7. The van der Waals surface area contributed by atoms with Crippen LogP contribution in [0.3, 0.4) is 0 Å². The first-order valence-corrected chi connectivity index (χ1v) is 13.1. The first-order valence-electron chi connectivity index (χ1n) is 12.3. The van der Waals surface area contributed by atoms with Gasteiger partial charge in [0.2, 0.25) is 5.60 Å². The van der Waals surface area contributed by atoms with Crippen LogP contribution >= 0.6 is 11.3 Å². The molecule has 0 radical (unpaired) electrons. The molecule has 7 heteroatoms. The minimum Gasteiger partial charge on any atom is -1.00 e. The van der Waals surface area contributed by atoms with Crippen molar-refractivity contribution in [1.82, 2.24) is 0 Å². The number of piperidine rings is 3. The van der Waals surface area contributed by atoms with Gasteiger partial charge in [-0.3, -0.25) is 0 Å². The van der Waals surface area contributed by atoms with Gasteiger partial charge in [-0.05, 0) is 30.0 Å². The fourth-order valence-electron chi connectivity index (χ4n) is 6.13. The van der Waals surface area contributed by atoms with Crippen molar-refractivity contribution in [2.75, 3.05) is 26.2 Å². The standard InChI is InChI=1S/C28H30NO4S.BrH/c30-27(28(31)22-9-1-3-11-24(22)32-25-12-4-2-10-23(25)28)33-26-19-29(16-13-20(26)14-17-29)15-5-7-21-8-6-18-34-21;/h1-4,6,8-12,18,20,26,31H,5,7,13-17,19H2;1H/q+1;/p-1/t20?,26-,29?;/m0./s1. The molecule has 3 fully saturated rings. The monoisotopic (exact) mass is 555 g/mol. The third kappa shape index (κ3) is 4.33. The average molecular weight is 557 g/mol. The molecule has 1 N–H and O–H groups in total. The number of ether oxygens (including phenoxy) is 2. The molecule has 3 aromatic rings. The molecule has 1 aromatic heterocycles. The van der Waals surface area contributed by atoms with Gasteiger partial charge in [0.15, 0.2) is 6.10 Å².